The number of anilines is 1. The third-order valence-electron chi connectivity index (χ3n) is 2.55. The van der Waals surface area contributed by atoms with Crippen molar-refractivity contribution in [1.29, 1.82) is 0 Å². The zero-order valence-electron chi connectivity index (χ0n) is 9.40. The van der Waals surface area contributed by atoms with E-state index in [0.29, 0.717) is 11.3 Å². The second-order valence-electron chi connectivity index (χ2n) is 3.83. The summed E-state index contributed by atoms with van der Waals surface area (Å²) in [5.41, 5.74) is 7.40. The normalized spacial score (nSPS) is 15.5. The molecule has 0 saturated carbocycles. The van der Waals surface area contributed by atoms with Crippen LogP contribution in [0.2, 0.25) is 0 Å². The Balaban J connectivity index is 2.43. The number of phenolic OH excluding ortho intramolecular Hbond substituents is 1. The van der Waals surface area contributed by atoms with Crippen LogP contribution in [0.5, 0.6) is 5.75 Å². The molecule has 0 unspecified atom stereocenters. The molecule has 17 heavy (non-hydrogen) atoms. The molecule has 0 saturated heterocycles. The van der Waals surface area contributed by atoms with Gasteiger partial charge in [0.25, 0.3) is 0 Å². The van der Waals surface area contributed by atoms with Gasteiger partial charge in [-0.05, 0) is 30.7 Å². The van der Waals surface area contributed by atoms with Crippen molar-refractivity contribution in [3.05, 3.63) is 47.3 Å². The number of allylic oxidation sites excluding steroid dienone is 3. The highest BCUT2D eigenvalue weighted by Gasteiger charge is 2.16. The lowest BCUT2D eigenvalue weighted by molar-refractivity contribution is -0.113. The lowest BCUT2D eigenvalue weighted by Crippen LogP contribution is -1.97. The van der Waals surface area contributed by atoms with Crippen molar-refractivity contribution in [2.45, 2.75) is 6.92 Å². The van der Waals surface area contributed by atoms with E-state index in [2.05, 4.69) is 6.58 Å². The predicted molar refractivity (Wildman–Crippen MR) is 71.5 cm³/mol. The molecule has 1 aromatic carbocycles. The number of ketones is 1. The summed E-state index contributed by atoms with van der Waals surface area (Å²) in [6.45, 7) is 5.39. The Hall–Kier alpha value is -1.86. The molecule has 1 aromatic rings. The van der Waals surface area contributed by atoms with Gasteiger partial charge in [0.1, 0.15) is 5.75 Å². The summed E-state index contributed by atoms with van der Waals surface area (Å²) in [6, 6.07) is 5.07. The monoisotopic (exact) mass is 245 g/mol. The maximum Gasteiger partial charge on any atom is 0.160 e. The molecular formula is C13H12NO2P. The molecule has 0 aromatic heterocycles. The fourth-order valence-corrected chi connectivity index (χ4v) is 2.71. The molecule has 0 atom stereocenters. The molecule has 1 aliphatic heterocycles. The molecule has 1 heterocycles. The summed E-state index contributed by atoms with van der Waals surface area (Å²) in [5.74, 6) is 0.0673. The van der Waals surface area contributed by atoms with Crippen LogP contribution < -0.4 is 5.73 Å². The smallest absolute Gasteiger partial charge is 0.160 e. The Morgan fingerprint density at radius 2 is 2.18 bits per heavy atom. The van der Waals surface area contributed by atoms with E-state index in [4.69, 9.17) is 5.73 Å². The summed E-state index contributed by atoms with van der Waals surface area (Å²) in [5, 5.41) is 11.3. The number of benzene rings is 1. The highest BCUT2D eigenvalue weighted by molar-refractivity contribution is 7.47. The molecule has 3 nitrogen and oxygen atoms in total. The zero-order valence-corrected chi connectivity index (χ0v) is 10.3. The number of carbonyl (C=O) groups excluding carboxylic acids is 1. The summed E-state index contributed by atoms with van der Waals surface area (Å²) >= 11 is 0. The van der Waals surface area contributed by atoms with Gasteiger partial charge >= 0.3 is 0 Å². The van der Waals surface area contributed by atoms with E-state index < -0.39 is 0 Å². The fraction of sp³-hybridized carbons (Fsp3) is 0.0769. The summed E-state index contributed by atoms with van der Waals surface area (Å²) in [7, 11) is 0.900. The minimum atomic E-state index is 0.0113. The third kappa shape index (κ3) is 2.15. The SMILES string of the molecule is C=C1P=C(c2ccc(N)c(O)c2)C=C1C(C)=O. The molecule has 3 N–H and O–H groups in total. The van der Waals surface area contributed by atoms with Crippen LogP contribution in [0.1, 0.15) is 12.5 Å². The van der Waals surface area contributed by atoms with E-state index in [1.54, 1.807) is 12.1 Å². The first-order chi connectivity index (χ1) is 7.99. The van der Waals surface area contributed by atoms with E-state index in [0.717, 1.165) is 24.4 Å². The van der Waals surface area contributed by atoms with Gasteiger partial charge in [0.2, 0.25) is 0 Å². The maximum absolute atomic E-state index is 11.3. The van der Waals surface area contributed by atoms with Gasteiger partial charge in [0.05, 0.1) is 5.69 Å². The summed E-state index contributed by atoms with van der Waals surface area (Å²) < 4.78 is 0. The summed E-state index contributed by atoms with van der Waals surface area (Å²) in [4.78, 5) is 11.3. The van der Waals surface area contributed by atoms with Crippen LogP contribution in [-0.2, 0) is 4.79 Å². The molecule has 0 aliphatic carbocycles. The second kappa shape index (κ2) is 4.19. The molecule has 0 bridgehead atoms. The average Bonchev–Trinajstić information content (AvgIpc) is 2.64. The van der Waals surface area contributed by atoms with E-state index >= 15 is 0 Å². The standard InChI is InChI=1S/C13H12NO2P/c1-7(15)10-6-13(17-8(10)2)9-3-4-11(14)12(16)5-9/h3-6,16H,2,14H2,1H3. The molecule has 0 spiro atoms. The third-order valence-corrected chi connectivity index (χ3v) is 3.69. The van der Waals surface area contributed by atoms with Gasteiger partial charge in [0.15, 0.2) is 5.78 Å². The molecule has 4 heteroatoms. The lowest BCUT2D eigenvalue weighted by Gasteiger charge is -2.02. The van der Waals surface area contributed by atoms with Gasteiger partial charge in [-0.25, -0.2) is 0 Å². The number of phenols is 1. The highest BCUT2D eigenvalue weighted by atomic mass is 31.1. The number of rotatable bonds is 2. The van der Waals surface area contributed by atoms with Crippen LogP contribution >= 0.6 is 8.20 Å². The number of nitrogens with two attached hydrogens (primary N) is 1. The van der Waals surface area contributed by atoms with Crippen LogP contribution in [0.3, 0.4) is 0 Å². The Morgan fingerprint density at radius 1 is 1.47 bits per heavy atom. The van der Waals surface area contributed by atoms with Gasteiger partial charge in [0, 0.05) is 16.2 Å². The van der Waals surface area contributed by atoms with Crippen LogP contribution in [-0.4, -0.2) is 16.2 Å². The van der Waals surface area contributed by atoms with Crippen molar-refractivity contribution in [3.63, 3.8) is 0 Å². The first-order valence-corrected chi connectivity index (χ1v) is 5.98. The number of hydrogen-bond donors (Lipinski definition) is 2. The van der Waals surface area contributed by atoms with E-state index in [1.165, 1.54) is 6.92 Å². The first kappa shape index (κ1) is 11.6. The van der Waals surface area contributed by atoms with Crippen molar-refractivity contribution < 1.29 is 9.90 Å². The topological polar surface area (TPSA) is 63.3 Å². The average molecular weight is 245 g/mol. The van der Waals surface area contributed by atoms with Crippen molar-refractivity contribution in [2.75, 3.05) is 5.73 Å². The first-order valence-electron chi connectivity index (χ1n) is 5.08. The molecule has 0 radical (unpaired) electrons. The van der Waals surface area contributed by atoms with Gasteiger partial charge in [-0.3, -0.25) is 4.79 Å². The van der Waals surface area contributed by atoms with Crippen molar-refractivity contribution in [3.8, 4) is 5.75 Å². The minimum Gasteiger partial charge on any atom is -0.506 e. The highest BCUT2D eigenvalue weighted by Crippen LogP contribution is 2.34. The molecular weight excluding hydrogens is 233 g/mol. The number of carbonyl (C=O) groups is 1. The number of hydrogen-bond acceptors (Lipinski definition) is 3. The quantitative estimate of drug-likeness (QED) is 0.478. The van der Waals surface area contributed by atoms with Gasteiger partial charge in [-0.15, -0.1) is 0 Å². The Labute approximate surface area is 101 Å². The van der Waals surface area contributed by atoms with Crippen LogP contribution in [0, 0.1) is 0 Å². The van der Waals surface area contributed by atoms with Gasteiger partial charge < -0.3 is 10.8 Å². The molecule has 0 fully saturated rings. The molecule has 2 rings (SSSR count). The van der Waals surface area contributed by atoms with Gasteiger partial charge in [-0.1, -0.05) is 20.8 Å². The Kier molecular flexibility index (Phi) is 2.86. The fourth-order valence-electron chi connectivity index (χ4n) is 1.61. The second-order valence-corrected chi connectivity index (χ2v) is 5.08. The Bertz CT molecular complexity index is 585. The van der Waals surface area contributed by atoms with Crippen molar-refractivity contribution >= 4 is 25.0 Å². The maximum atomic E-state index is 11.3. The van der Waals surface area contributed by atoms with Crippen LogP contribution in [0.15, 0.2) is 41.7 Å². The largest absolute Gasteiger partial charge is 0.506 e. The van der Waals surface area contributed by atoms with Crippen LogP contribution in [0.4, 0.5) is 5.69 Å². The number of aromatic hydroxyl groups is 1. The molecule has 1 aliphatic rings. The predicted octanol–water partition coefficient (Wildman–Crippen LogP) is 2.48. The zero-order chi connectivity index (χ0) is 12.6. The number of nitrogen functional groups attached to an aromatic ring is 1. The van der Waals surface area contributed by atoms with Crippen molar-refractivity contribution in [1.82, 2.24) is 0 Å². The minimum absolute atomic E-state index is 0.0113. The van der Waals surface area contributed by atoms with E-state index in [9.17, 15) is 9.90 Å². The van der Waals surface area contributed by atoms with Crippen molar-refractivity contribution in [2.24, 2.45) is 0 Å². The van der Waals surface area contributed by atoms with E-state index in [1.807, 2.05) is 12.1 Å². The van der Waals surface area contributed by atoms with Crippen LogP contribution in [0.25, 0.3) is 0 Å². The number of Topliss-reactive ketones (excluding diaryl/α,β-unsaturated/α-hetero) is 1. The van der Waals surface area contributed by atoms with E-state index in [-0.39, 0.29) is 11.5 Å². The summed E-state index contributed by atoms with van der Waals surface area (Å²) in [6.07, 6.45) is 1.82. The Morgan fingerprint density at radius 3 is 2.71 bits per heavy atom. The lowest BCUT2D eigenvalue weighted by atomic mass is 10.1. The van der Waals surface area contributed by atoms with Gasteiger partial charge in [-0.2, -0.15) is 0 Å². The molecule has 86 valence electrons. The molecule has 0 amide bonds.